The lowest BCUT2D eigenvalue weighted by atomic mass is 10.2. The Morgan fingerprint density at radius 1 is 1.28 bits per heavy atom. The molecule has 1 heterocycles. The number of hydrogen-bond donors (Lipinski definition) is 0. The first-order valence-corrected chi connectivity index (χ1v) is 5.26. The topological polar surface area (TPSA) is 36.9 Å². The van der Waals surface area contributed by atoms with Crippen LogP contribution in [0.4, 0.5) is 13.2 Å². The van der Waals surface area contributed by atoms with Gasteiger partial charge in [0.2, 0.25) is 6.29 Å². The predicted molar refractivity (Wildman–Crippen MR) is 52.9 cm³/mol. The van der Waals surface area contributed by atoms with Crippen molar-refractivity contribution in [3.63, 3.8) is 0 Å². The van der Waals surface area contributed by atoms with Crippen LogP contribution < -0.4 is 0 Å². The third kappa shape index (κ3) is 2.35. The van der Waals surface area contributed by atoms with E-state index in [-0.39, 0.29) is 6.61 Å². The lowest BCUT2D eigenvalue weighted by molar-refractivity contribution is -0.496. The molecular formula is C11H11F3O4. The molecule has 0 spiro atoms. The lowest BCUT2D eigenvalue weighted by Gasteiger charge is -2.26. The van der Waals surface area contributed by atoms with Crippen LogP contribution in [0.15, 0.2) is 30.3 Å². The third-order valence-electron chi connectivity index (χ3n) is 2.26. The van der Waals surface area contributed by atoms with Crippen molar-refractivity contribution in [2.24, 2.45) is 0 Å². The van der Waals surface area contributed by atoms with Crippen LogP contribution >= 0.6 is 0 Å². The van der Waals surface area contributed by atoms with Gasteiger partial charge in [-0.05, 0) is 6.92 Å². The van der Waals surface area contributed by atoms with E-state index < -0.39 is 18.4 Å². The molecule has 18 heavy (non-hydrogen) atoms. The SMILES string of the molecule is CCOC1(C(F)(F)F)OOC(c2ccccc2)O1. The monoisotopic (exact) mass is 264 g/mol. The largest absolute Gasteiger partial charge is 0.475 e. The van der Waals surface area contributed by atoms with Gasteiger partial charge < -0.3 is 4.74 Å². The van der Waals surface area contributed by atoms with E-state index in [9.17, 15) is 13.2 Å². The molecule has 1 fully saturated rings. The van der Waals surface area contributed by atoms with Crippen molar-refractivity contribution in [2.75, 3.05) is 6.61 Å². The summed E-state index contributed by atoms with van der Waals surface area (Å²) in [4.78, 5) is 8.81. The van der Waals surface area contributed by atoms with Gasteiger partial charge in [-0.3, -0.25) is 4.74 Å². The van der Waals surface area contributed by atoms with Crippen molar-refractivity contribution >= 4 is 0 Å². The van der Waals surface area contributed by atoms with Crippen molar-refractivity contribution in [3.05, 3.63) is 35.9 Å². The molecule has 1 aromatic rings. The van der Waals surface area contributed by atoms with E-state index in [2.05, 4.69) is 14.5 Å². The number of rotatable bonds is 3. The maximum atomic E-state index is 12.8. The molecule has 1 aromatic carbocycles. The fraction of sp³-hybridized carbons (Fsp3) is 0.455. The summed E-state index contributed by atoms with van der Waals surface area (Å²) in [5.41, 5.74) is 0.406. The van der Waals surface area contributed by atoms with Crippen LogP contribution in [0.3, 0.4) is 0 Å². The molecule has 0 radical (unpaired) electrons. The molecule has 2 rings (SSSR count). The number of alkyl halides is 3. The lowest BCUT2D eigenvalue weighted by Crippen LogP contribution is -2.48. The van der Waals surface area contributed by atoms with Crippen LogP contribution in [0.2, 0.25) is 0 Å². The van der Waals surface area contributed by atoms with Crippen LogP contribution in [0, 0.1) is 0 Å². The van der Waals surface area contributed by atoms with E-state index in [1.807, 2.05) is 0 Å². The molecule has 2 atom stereocenters. The Morgan fingerprint density at radius 3 is 2.50 bits per heavy atom. The second kappa shape index (κ2) is 4.85. The summed E-state index contributed by atoms with van der Waals surface area (Å²) < 4.78 is 47.8. The zero-order chi connectivity index (χ0) is 13.2. The van der Waals surface area contributed by atoms with Gasteiger partial charge in [0.1, 0.15) is 0 Å². The van der Waals surface area contributed by atoms with E-state index in [1.165, 1.54) is 6.92 Å². The minimum absolute atomic E-state index is 0.232. The molecular weight excluding hydrogens is 253 g/mol. The number of benzene rings is 1. The molecule has 4 nitrogen and oxygen atoms in total. The van der Waals surface area contributed by atoms with Gasteiger partial charge in [0.25, 0.3) is 0 Å². The van der Waals surface area contributed by atoms with Crippen LogP contribution in [0.5, 0.6) is 0 Å². The normalized spacial score (nSPS) is 28.6. The first-order valence-electron chi connectivity index (χ1n) is 5.26. The maximum Gasteiger partial charge on any atom is 0.475 e. The van der Waals surface area contributed by atoms with Crippen molar-refractivity contribution in [2.45, 2.75) is 25.4 Å². The minimum Gasteiger partial charge on any atom is -0.319 e. The van der Waals surface area contributed by atoms with Crippen molar-refractivity contribution in [1.82, 2.24) is 0 Å². The highest BCUT2D eigenvalue weighted by molar-refractivity contribution is 5.16. The first kappa shape index (κ1) is 13.3. The van der Waals surface area contributed by atoms with Gasteiger partial charge in [-0.1, -0.05) is 30.3 Å². The Morgan fingerprint density at radius 2 is 1.94 bits per heavy atom. The van der Waals surface area contributed by atoms with Crippen LogP contribution in [-0.4, -0.2) is 18.8 Å². The Kier molecular flexibility index (Phi) is 3.58. The molecule has 0 aromatic heterocycles. The maximum absolute atomic E-state index is 12.8. The Hall–Kier alpha value is -1.15. The van der Waals surface area contributed by atoms with Gasteiger partial charge in [-0.15, -0.1) is 0 Å². The highest BCUT2D eigenvalue weighted by Gasteiger charge is 2.66. The summed E-state index contributed by atoms with van der Waals surface area (Å²) in [6.45, 7) is 1.17. The molecule has 0 aliphatic carbocycles. The molecule has 0 N–H and O–H groups in total. The van der Waals surface area contributed by atoms with Gasteiger partial charge in [0.05, 0.1) is 6.61 Å². The van der Waals surface area contributed by atoms with E-state index >= 15 is 0 Å². The molecule has 1 aliphatic rings. The van der Waals surface area contributed by atoms with Gasteiger partial charge in [0, 0.05) is 5.56 Å². The summed E-state index contributed by atoms with van der Waals surface area (Å²) in [6.07, 6.45) is -6.13. The van der Waals surface area contributed by atoms with Crippen LogP contribution in [0.1, 0.15) is 18.8 Å². The first-order chi connectivity index (χ1) is 8.48. The van der Waals surface area contributed by atoms with Gasteiger partial charge in [-0.25, -0.2) is 0 Å². The highest BCUT2D eigenvalue weighted by Crippen LogP contribution is 2.45. The van der Waals surface area contributed by atoms with E-state index in [4.69, 9.17) is 4.74 Å². The molecule has 0 amide bonds. The third-order valence-corrected chi connectivity index (χ3v) is 2.26. The smallest absolute Gasteiger partial charge is 0.319 e. The van der Waals surface area contributed by atoms with Gasteiger partial charge in [0.15, 0.2) is 0 Å². The zero-order valence-corrected chi connectivity index (χ0v) is 9.44. The zero-order valence-electron chi connectivity index (χ0n) is 9.44. The Bertz CT molecular complexity index is 395. The molecule has 7 heteroatoms. The molecule has 1 aliphatic heterocycles. The fourth-order valence-electron chi connectivity index (χ4n) is 1.46. The predicted octanol–water partition coefficient (Wildman–Crippen LogP) is 2.92. The van der Waals surface area contributed by atoms with E-state index in [0.717, 1.165) is 0 Å². The van der Waals surface area contributed by atoms with Crippen LogP contribution in [0.25, 0.3) is 0 Å². The average molecular weight is 264 g/mol. The van der Waals surface area contributed by atoms with Gasteiger partial charge >= 0.3 is 12.1 Å². The summed E-state index contributed by atoms with van der Waals surface area (Å²) in [5.74, 6) is -3.16. The van der Waals surface area contributed by atoms with E-state index in [0.29, 0.717) is 5.56 Å². The standard InChI is InChI=1S/C11H11F3O4/c1-2-15-11(10(12,13)14)16-9(17-18-11)8-6-4-3-5-7-8/h3-7,9H,2H2,1H3. The summed E-state index contributed by atoms with van der Waals surface area (Å²) in [5, 5.41) is 0. The van der Waals surface area contributed by atoms with Crippen molar-refractivity contribution in [3.8, 4) is 0 Å². The second-order valence-electron chi connectivity index (χ2n) is 3.53. The summed E-state index contributed by atoms with van der Waals surface area (Å²) in [7, 11) is 0. The molecule has 0 saturated carbocycles. The van der Waals surface area contributed by atoms with E-state index in [1.54, 1.807) is 30.3 Å². The Labute approximate surface area is 101 Å². The minimum atomic E-state index is -4.85. The summed E-state index contributed by atoms with van der Waals surface area (Å²) >= 11 is 0. The quantitative estimate of drug-likeness (QED) is 0.786. The second-order valence-corrected chi connectivity index (χ2v) is 3.53. The molecule has 2 unspecified atom stereocenters. The number of hydrogen-bond acceptors (Lipinski definition) is 4. The molecule has 1 saturated heterocycles. The highest BCUT2D eigenvalue weighted by atomic mass is 19.4. The number of ether oxygens (including phenoxy) is 2. The Balaban J connectivity index is 2.19. The summed E-state index contributed by atoms with van der Waals surface area (Å²) in [6, 6.07) is 8.14. The van der Waals surface area contributed by atoms with Gasteiger partial charge in [-0.2, -0.15) is 22.9 Å². The van der Waals surface area contributed by atoms with Crippen LogP contribution in [-0.2, 0) is 19.2 Å². The fourth-order valence-corrected chi connectivity index (χ4v) is 1.46. The van der Waals surface area contributed by atoms with Crippen molar-refractivity contribution in [1.29, 1.82) is 0 Å². The van der Waals surface area contributed by atoms with Crippen molar-refractivity contribution < 1.29 is 32.4 Å². The molecule has 0 bridgehead atoms. The molecule has 100 valence electrons. The average Bonchev–Trinajstić information content (AvgIpc) is 2.76. The number of halogens is 3.